The first-order valence-corrected chi connectivity index (χ1v) is 6.34. The molecule has 0 heterocycles. The summed E-state index contributed by atoms with van der Waals surface area (Å²) in [6.07, 6.45) is 0. The standard InChI is InChI=1S/C12H14O2S2/c1-9(11(13)14-2)8-16-12(15)10-6-4-3-5-7-10/h3-7,9H,8H2,1-2H3. The highest BCUT2D eigenvalue weighted by atomic mass is 32.2. The van der Waals surface area contributed by atoms with Gasteiger partial charge in [0, 0.05) is 5.75 Å². The average molecular weight is 254 g/mol. The van der Waals surface area contributed by atoms with Crippen molar-refractivity contribution in [3.05, 3.63) is 35.9 Å². The third-order valence-electron chi connectivity index (χ3n) is 2.08. The number of carbonyl (C=O) groups is 1. The second kappa shape index (κ2) is 6.66. The average Bonchev–Trinajstić information content (AvgIpc) is 2.35. The van der Waals surface area contributed by atoms with Crippen LogP contribution in [0.5, 0.6) is 0 Å². The largest absolute Gasteiger partial charge is 0.469 e. The number of esters is 1. The number of rotatable bonds is 4. The molecule has 0 N–H and O–H groups in total. The van der Waals surface area contributed by atoms with Gasteiger partial charge in [-0.25, -0.2) is 0 Å². The molecule has 2 nitrogen and oxygen atoms in total. The summed E-state index contributed by atoms with van der Waals surface area (Å²) in [7, 11) is 1.40. The Bertz CT molecular complexity index is 363. The molecule has 0 aromatic heterocycles. The lowest BCUT2D eigenvalue weighted by Crippen LogP contribution is -2.15. The van der Waals surface area contributed by atoms with Crippen molar-refractivity contribution in [2.24, 2.45) is 5.92 Å². The lowest BCUT2D eigenvalue weighted by Gasteiger charge is -2.09. The van der Waals surface area contributed by atoms with Gasteiger partial charge < -0.3 is 4.74 Å². The molecule has 1 unspecified atom stereocenters. The van der Waals surface area contributed by atoms with Crippen LogP contribution in [-0.2, 0) is 9.53 Å². The Morgan fingerprint density at radius 3 is 2.62 bits per heavy atom. The van der Waals surface area contributed by atoms with Crippen LogP contribution in [0.2, 0.25) is 0 Å². The van der Waals surface area contributed by atoms with Gasteiger partial charge in [-0.15, -0.1) is 11.8 Å². The molecule has 0 fully saturated rings. The van der Waals surface area contributed by atoms with E-state index in [0.29, 0.717) is 5.75 Å². The van der Waals surface area contributed by atoms with Crippen molar-refractivity contribution in [1.82, 2.24) is 0 Å². The summed E-state index contributed by atoms with van der Waals surface area (Å²) in [5.41, 5.74) is 1.03. The summed E-state index contributed by atoms with van der Waals surface area (Å²) in [6.45, 7) is 1.84. The zero-order valence-electron chi connectivity index (χ0n) is 9.30. The first-order chi connectivity index (χ1) is 7.65. The summed E-state index contributed by atoms with van der Waals surface area (Å²) in [4.78, 5) is 11.2. The van der Waals surface area contributed by atoms with E-state index >= 15 is 0 Å². The van der Waals surface area contributed by atoms with Gasteiger partial charge in [0.2, 0.25) is 0 Å². The van der Waals surface area contributed by atoms with E-state index in [2.05, 4.69) is 4.74 Å². The quantitative estimate of drug-likeness (QED) is 0.609. The molecule has 0 amide bonds. The predicted molar refractivity (Wildman–Crippen MR) is 71.8 cm³/mol. The van der Waals surface area contributed by atoms with Crippen LogP contribution >= 0.6 is 24.0 Å². The van der Waals surface area contributed by atoms with Gasteiger partial charge in [-0.05, 0) is 5.56 Å². The smallest absolute Gasteiger partial charge is 0.309 e. The second-order valence-corrected chi connectivity index (χ2v) is 5.09. The second-order valence-electron chi connectivity index (χ2n) is 3.39. The van der Waals surface area contributed by atoms with Gasteiger partial charge in [-0.1, -0.05) is 49.5 Å². The van der Waals surface area contributed by atoms with Crippen molar-refractivity contribution < 1.29 is 9.53 Å². The first kappa shape index (κ1) is 13.2. The maximum atomic E-state index is 11.2. The van der Waals surface area contributed by atoms with E-state index in [1.54, 1.807) is 0 Å². The van der Waals surface area contributed by atoms with Crippen LogP contribution < -0.4 is 0 Å². The maximum absolute atomic E-state index is 11.2. The van der Waals surface area contributed by atoms with Gasteiger partial charge in [0.05, 0.1) is 17.2 Å². The molecule has 0 aliphatic carbocycles. The van der Waals surface area contributed by atoms with E-state index in [1.807, 2.05) is 37.3 Å². The van der Waals surface area contributed by atoms with Crippen molar-refractivity contribution in [3.63, 3.8) is 0 Å². The van der Waals surface area contributed by atoms with E-state index in [4.69, 9.17) is 12.2 Å². The Labute approximate surface area is 105 Å². The topological polar surface area (TPSA) is 26.3 Å². The molecule has 0 aliphatic heterocycles. The monoisotopic (exact) mass is 254 g/mol. The van der Waals surface area contributed by atoms with E-state index in [-0.39, 0.29) is 11.9 Å². The zero-order valence-corrected chi connectivity index (χ0v) is 10.9. The Morgan fingerprint density at radius 1 is 1.44 bits per heavy atom. The number of ether oxygens (including phenoxy) is 1. The molecule has 1 atom stereocenters. The molecule has 0 saturated heterocycles. The van der Waals surface area contributed by atoms with Crippen molar-refractivity contribution in [3.8, 4) is 0 Å². The minimum Gasteiger partial charge on any atom is -0.469 e. The summed E-state index contributed by atoms with van der Waals surface area (Å²) in [5, 5.41) is 0. The molecule has 1 aromatic carbocycles. The van der Waals surface area contributed by atoms with Crippen LogP contribution in [0.3, 0.4) is 0 Å². The van der Waals surface area contributed by atoms with Crippen LogP contribution in [0.15, 0.2) is 30.3 Å². The lowest BCUT2D eigenvalue weighted by atomic mass is 10.2. The molecule has 1 rings (SSSR count). The van der Waals surface area contributed by atoms with Gasteiger partial charge in [0.15, 0.2) is 0 Å². The summed E-state index contributed by atoms with van der Waals surface area (Å²) >= 11 is 6.78. The molecule has 16 heavy (non-hydrogen) atoms. The molecular weight excluding hydrogens is 240 g/mol. The van der Waals surface area contributed by atoms with Gasteiger partial charge >= 0.3 is 5.97 Å². The number of methoxy groups -OCH3 is 1. The Balaban J connectivity index is 2.45. The number of benzene rings is 1. The van der Waals surface area contributed by atoms with Gasteiger partial charge in [-0.3, -0.25) is 4.79 Å². The van der Waals surface area contributed by atoms with Gasteiger partial charge in [-0.2, -0.15) is 0 Å². The van der Waals surface area contributed by atoms with Crippen LogP contribution in [0.25, 0.3) is 0 Å². The fourth-order valence-corrected chi connectivity index (χ4v) is 2.31. The fourth-order valence-electron chi connectivity index (χ4n) is 1.13. The van der Waals surface area contributed by atoms with E-state index in [9.17, 15) is 4.79 Å². The molecule has 1 aromatic rings. The minimum atomic E-state index is -0.191. The first-order valence-electron chi connectivity index (χ1n) is 4.95. The van der Waals surface area contributed by atoms with Crippen LogP contribution in [-0.4, -0.2) is 23.0 Å². The van der Waals surface area contributed by atoms with E-state index in [1.165, 1.54) is 18.9 Å². The van der Waals surface area contributed by atoms with Crippen LogP contribution in [0.1, 0.15) is 12.5 Å². The lowest BCUT2D eigenvalue weighted by molar-refractivity contribution is -0.143. The molecule has 0 radical (unpaired) electrons. The fraction of sp³-hybridized carbons (Fsp3) is 0.333. The molecular formula is C12H14O2S2. The minimum absolute atomic E-state index is 0.128. The summed E-state index contributed by atoms with van der Waals surface area (Å²) in [6, 6.07) is 9.79. The van der Waals surface area contributed by atoms with Crippen LogP contribution in [0, 0.1) is 5.92 Å². The van der Waals surface area contributed by atoms with Crippen molar-refractivity contribution in [2.45, 2.75) is 6.92 Å². The Kier molecular flexibility index (Phi) is 5.49. The SMILES string of the molecule is COC(=O)C(C)CSC(=S)c1ccccc1. The zero-order chi connectivity index (χ0) is 12.0. The van der Waals surface area contributed by atoms with Crippen molar-refractivity contribution in [1.29, 1.82) is 0 Å². The van der Waals surface area contributed by atoms with Crippen molar-refractivity contribution >= 4 is 34.1 Å². The third-order valence-corrected chi connectivity index (χ3v) is 3.83. The number of hydrogen-bond acceptors (Lipinski definition) is 4. The summed E-state index contributed by atoms with van der Waals surface area (Å²) < 4.78 is 5.47. The molecule has 0 bridgehead atoms. The number of thioether (sulfide) groups is 1. The highest BCUT2D eigenvalue weighted by Gasteiger charge is 2.14. The number of carbonyl (C=O) groups excluding carboxylic acids is 1. The Hall–Kier alpha value is -0.870. The Morgan fingerprint density at radius 2 is 2.06 bits per heavy atom. The van der Waals surface area contributed by atoms with E-state index in [0.717, 1.165) is 9.76 Å². The van der Waals surface area contributed by atoms with E-state index < -0.39 is 0 Å². The molecule has 0 spiro atoms. The van der Waals surface area contributed by atoms with Crippen molar-refractivity contribution in [2.75, 3.05) is 12.9 Å². The molecule has 0 saturated carbocycles. The molecule has 4 heteroatoms. The third kappa shape index (κ3) is 3.94. The highest BCUT2D eigenvalue weighted by molar-refractivity contribution is 8.23. The number of hydrogen-bond donors (Lipinski definition) is 0. The van der Waals surface area contributed by atoms with Gasteiger partial charge in [0.1, 0.15) is 0 Å². The van der Waals surface area contributed by atoms with Crippen LogP contribution in [0.4, 0.5) is 0 Å². The molecule has 0 aliphatic rings. The number of thiocarbonyl (C=S) groups is 1. The predicted octanol–water partition coefficient (Wildman–Crippen LogP) is 2.90. The highest BCUT2D eigenvalue weighted by Crippen LogP contribution is 2.17. The summed E-state index contributed by atoms with van der Waals surface area (Å²) in [5.74, 6) is 0.334. The maximum Gasteiger partial charge on any atom is 0.309 e. The molecule has 86 valence electrons. The normalized spacial score (nSPS) is 11.9. The van der Waals surface area contributed by atoms with Gasteiger partial charge in [0.25, 0.3) is 0 Å².